The van der Waals surface area contributed by atoms with Crippen LogP contribution >= 0.6 is 0 Å². The summed E-state index contributed by atoms with van der Waals surface area (Å²) in [5, 5.41) is 0. The molecule has 0 N–H and O–H groups in total. The van der Waals surface area contributed by atoms with Crippen molar-refractivity contribution in [1.29, 1.82) is 0 Å². The summed E-state index contributed by atoms with van der Waals surface area (Å²) in [7, 11) is 0. The van der Waals surface area contributed by atoms with Crippen molar-refractivity contribution >= 4 is 17.9 Å². The Kier molecular flexibility index (Phi) is 61.2. The minimum Gasteiger partial charge on any atom is -0.462 e. The first kappa shape index (κ1) is 72.6. The molecule has 0 heterocycles. The first-order valence-corrected chi connectivity index (χ1v) is 32.6. The third-order valence-corrected chi connectivity index (χ3v) is 14.1. The van der Waals surface area contributed by atoms with E-state index in [4.69, 9.17) is 14.2 Å². The summed E-state index contributed by atoms with van der Waals surface area (Å²) in [6.45, 7) is 6.44. The summed E-state index contributed by atoms with van der Waals surface area (Å²) in [5.74, 6) is -0.892. The molecule has 0 aromatic heterocycles. The molecule has 0 bridgehead atoms. The van der Waals surface area contributed by atoms with E-state index in [0.717, 1.165) is 122 Å². The van der Waals surface area contributed by atoms with Crippen molar-refractivity contribution in [2.24, 2.45) is 0 Å². The summed E-state index contributed by atoms with van der Waals surface area (Å²) in [5.41, 5.74) is 0. The van der Waals surface area contributed by atoms with Crippen molar-refractivity contribution in [1.82, 2.24) is 0 Å². The fourth-order valence-electron chi connectivity index (χ4n) is 9.33. The van der Waals surface area contributed by atoms with Gasteiger partial charge in [-0.25, -0.2) is 0 Å². The van der Waals surface area contributed by atoms with Gasteiger partial charge in [0, 0.05) is 19.3 Å². The summed E-state index contributed by atoms with van der Waals surface area (Å²) in [6.07, 6.45) is 84.5. The number of allylic oxidation sites excluding steroid dienone is 14. The molecule has 0 aliphatic rings. The third-order valence-electron chi connectivity index (χ3n) is 14.1. The summed E-state index contributed by atoms with van der Waals surface area (Å²) < 4.78 is 16.9. The molecule has 6 nitrogen and oxygen atoms in total. The van der Waals surface area contributed by atoms with Gasteiger partial charge in [-0.3, -0.25) is 14.4 Å². The lowest BCUT2D eigenvalue weighted by molar-refractivity contribution is -0.167. The molecule has 0 amide bonds. The fourth-order valence-corrected chi connectivity index (χ4v) is 9.33. The van der Waals surface area contributed by atoms with Crippen LogP contribution in [-0.2, 0) is 28.6 Å². The fraction of sp³-hybridized carbons (Fsp3) is 0.757. The van der Waals surface area contributed by atoms with E-state index in [1.807, 2.05) is 0 Å². The van der Waals surface area contributed by atoms with Gasteiger partial charge in [0.25, 0.3) is 0 Å². The van der Waals surface area contributed by atoms with Gasteiger partial charge in [0.05, 0.1) is 0 Å². The second-order valence-electron chi connectivity index (χ2n) is 21.6. The predicted octanol–water partition coefficient (Wildman–Crippen LogP) is 22.3. The van der Waals surface area contributed by atoms with Crippen LogP contribution in [0.15, 0.2) is 85.1 Å². The van der Waals surface area contributed by atoms with E-state index in [1.165, 1.54) is 161 Å². The Balaban J connectivity index is 4.37. The van der Waals surface area contributed by atoms with E-state index < -0.39 is 6.10 Å². The SMILES string of the molecule is CC/C=C\C/C=C\C/C=C\C/C=C\CCCCCCCCC(=O)OC(COC(=O)CCCCCCCCC/C=C\C/C=C\C/C=C\CC)COC(=O)CCCCCCCCCCCCCCCCCCCCCCCC. The molecule has 0 rings (SSSR count). The molecular formula is C70H122O6. The first-order valence-electron chi connectivity index (χ1n) is 32.6. The van der Waals surface area contributed by atoms with E-state index in [-0.39, 0.29) is 31.1 Å². The summed E-state index contributed by atoms with van der Waals surface area (Å²) >= 11 is 0. The van der Waals surface area contributed by atoms with E-state index in [9.17, 15) is 14.4 Å². The topological polar surface area (TPSA) is 78.9 Å². The first-order chi connectivity index (χ1) is 37.5. The van der Waals surface area contributed by atoms with E-state index in [0.29, 0.717) is 19.3 Å². The number of carbonyl (C=O) groups excluding carboxylic acids is 3. The van der Waals surface area contributed by atoms with Gasteiger partial charge in [0.1, 0.15) is 13.2 Å². The number of ether oxygens (including phenoxy) is 3. The maximum atomic E-state index is 12.9. The molecule has 0 spiro atoms. The minimum atomic E-state index is -0.789. The lowest BCUT2D eigenvalue weighted by Crippen LogP contribution is -2.30. The van der Waals surface area contributed by atoms with Crippen LogP contribution in [0.5, 0.6) is 0 Å². The molecule has 0 aliphatic heterocycles. The number of carbonyl (C=O) groups is 3. The van der Waals surface area contributed by atoms with Crippen LogP contribution in [-0.4, -0.2) is 37.2 Å². The maximum Gasteiger partial charge on any atom is 0.306 e. The number of hydrogen-bond donors (Lipinski definition) is 0. The van der Waals surface area contributed by atoms with Gasteiger partial charge in [0.2, 0.25) is 0 Å². The highest BCUT2D eigenvalue weighted by atomic mass is 16.6. The molecule has 438 valence electrons. The van der Waals surface area contributed by atoms with E-state index >= 15 is 0 Å². The van der Waals surface area contributed by atoms with Crippen molar-refractivity contribution in [3.63, 3.8) is 0 Å². The van der Waals surface area contributed by atoms with Crippen molar-refractivity contribution in [2.45, 2.75) is 329 Å². The monoisotopic (exact) mass is 1060 g/mol. The zero-order valence-corrected chi connectivity index (χ0v) is 50.3. The lowest BCUT2D eigenvalue weighted by Gasteiger charge is -2.18. The molecule has 0 fully saturated rings. The quantitative estimate of drug-likeness (QED) is 0.0261. The largest absolute Gasteiger partial charge is 0.462 e. The van der Waals surface area contributed by atoms with Crippen molar-refractivity contribution in [3.05, 3.63) is 85.1 Å². The Hall–Kier alpha value is -3.41. The van der Waals surface area contributed by atoms with Crippen LogP contribution in [0, 0.1) is 0 Å². The maximum absolute atomic E-state index is 12.9. The van der Waals surface area contributed by atoms with Crippen molar-refractivity contribution in [2.75, 3.05) is 13.2 Å². The molecule has 0 aliphatic carbocycles. The highest BCUT2D eigenvalue weighted by Gasteiger charge is 2.19. The van der Waals surface area contributed by atoms with Gasteiger partial charge in [-0.05, 0) is 89.9 Å². The molecule has 1 unspecified atom stereocenters. The van der Waals surface area contributed by atoms with Gasteiger partial charge in [-0.1, -0.05) is 298 Å². The van der Waals surface area contributed by atoms with E-state index in [1.54, 1.807) is 0 Å². The molecule has 6 heteroatoms. The van der Waals surface area contributed by atoms with E-state index in [2.05, 4.69) is 106 Å². The number of unbranched alkanes of at least 4 members (excludes halogenated alkanes) is 34. The highest BCUT2D eigenvalue weighted by molar-refractivity contribution is 5.71. The Bertz CT molecular complexity index is 1450. The minimum absolute atomic E-state index is 0.0831. The second-order valence-corrected chi connectivity index (χ2v) is 21.6. The summed E-state index contributed by atoms with van der Waals surface area (Å²) in [6, 6.07) is 0. The smallest absolute Gasteiger partial charge is 0.306 e. The second kappa shape index (κ2) is 64.1. The average molecular weight is 1060 g/mol. The molecule has 0 saturated carbocycles. The molecule has 1 atom stereocenters. The van der Waals surface area contributed by atoms with Crippen molar-refractivity contribution in [3.8, 4) is 0 Å². The molecule has 0 aromatic carbocycles. The van der Waals surface area contributed by atoms with Crippen LogP contribution < -0.4 is 0 Å². The molecule has 0 radical (unpaired) electrons. The highest BCUT2D eigenvalue weighted by Crippen LogP contribution is 2.17. The Labute approximate surface area is 471 Å². The molecular weight excluding hydrogens is 937 g/mol. The van der Waals surface area contributed by atoms with Crippen LogP contribution in [0.4, 0.5) is 0 Å². The van der Waals surface area contributed by atoms with Crippen LogP contribution in [0.1, 0.15) is 323 Å². The average Bonchev–Trinajstić information content (AvgIpc) is 3.42. The number of hydrogen-bond acceptors (Lipinski definition) is 6. The Morgan fingerprint density at radius 3 is 0.803 bits per heavy atom. The predicted molar refractivity (Wildman–Crippen MR) is 330 cm³/mol. The lowest BCUT2D eigenvalue weighted by atomic mass is 10.0. The number of rotatable bonds is 59. The van der Waals surface area contributed by atoms with Crippen LogP contribution in [0.25, 0.3) is 0 Å². The summed E-state index contributed by atoms with van der Waals surface area (Å²) in [4.78, 5) is 38.4. The van der Waals surface area contributed by atoms with Crippen molar-refractivity contribution < 1.29 is 28.6 Å². The van der Waals surface area contributed by atoms with Gasteiger partial charge in [0.15, 0.2) is 6.10 Å². The van der Waals surface area contributed by atoms with Crippen LogP contribution in [0.2, 0.25) is 0 Å². The zero-order chi connectivity index (χ0) is 55.0. The van der Waals surface area contributed by atoms with Gasteiger partial charge in [-0.15, -0.1) is 0 Å². The van der Waals surface area contributed by atoms with Crippen LogP contribution in [0.3, 0.4) is 0 Å². The Morgan fingerprint density at radius 1 is 0.276 bits per heavy atom. The Morgan fingerprint density at radius 2 is 0.513 bits per heavy atom. The molecule has 76 heavy (non-hydrogen) atoms. The van der Waals surface area contributed by atoms with Gasteiger partial charge >= 0.3 is 17.9 Å². The third kappa shape index (κ3) is 61.4. The standard InChI is InChI=1S/C70H122O6/c1-4-7-10-13-16-19-22-25-28-31-33-34-35-37-39-42-45-48-51-54-57-60-63-69(72)75-66-67(65-74-68(71)62-59-56-53-50-47-44-41-38-30-27-24-21-18-15-12-9-6-3)76-70(73)64-61-58-55-52-49-46-43-40-36-32-29-26-23-20-17-14-11-8-5-2/h8-9,11-12,17-18,20-21,26-27,29-30,36,40,67H,4-7,10,13-16,19,22-25,28,31-35,37-39,41-66H2,1-3H3/b11-8-,12-9-,20-17-,21-18-,29-26-,30-27-,40-36-. The zero-order valence-electron chi connectivity index (χ0n) is 50.3. The number of esters is 3. The molecule has 0 saturated heterocycles. The normalized spacial score (nSPS) is 12.6. The van der Waals surface area contributed by atoms with Gasteiger partial charge in [-0.2, -0.15) is 0 Å². The van der Waals surface area contributed by atoms with Gasteiger partial charge < -0.3 is 14.2 Å². The molecule has 0 aromatic rings.